The molecule has 1 aliphatic carbocycles. The van der Waals surface area contributed by atoms with Gasteiger partial charge in [-0.1, -0.05) is 27.2 Å². The van der Waals surface area contributed by atoms with Gasteiger partial charge in [-0.2, -0.15) is 0 Å². The first kappa shape index (κ1) is 13.8. The summed E-state index contributed by atoms with van der Waals surface area (Å²) in [5.74, 6) is 2.59. The standard InChI is InChI=1S/C18H27NO/c1-5-20-13-7-9-16-15(11-13)18(3,4)14-8-6-12(2)10-17(14)19-16/h7,9,11-12,14,17,19H,5-6,8,10H2,1-4H3/t12-,14-,17+/m1/s1. The van der Waals surface area contributed by atoms with Crippen molar-refractivity contribution in [1.29, 1.82) is 0 Å². The van der Waals surface area contributed by atoms with E-state index in [4.69, 9.17) is 4.74 Å². The summed E-state index contributed by atoms with van der Waals surface area (Å²) in [5, 5.41) is 3.80. The number of fused-ring (bicyclic) bond motifs is 2. The van der Waals surface area contributed by atoms with Crippen molar-refractivity contribution in [2.45, 2.75) is 58.4 Å². The Labute approximate surface area is 122 Å². The molecule has 2 heteroatoms. The van der Waals surface area contributed by atoms with Crippen LogP contribution in [0.1, 0.15) is 52.5 Å². The number of rotatable bonds is 2. The fraction of sp³-hybridized carbons (Fsp3) is 0.667. The third-order valence-electron chi connectivity index (χ3n) is 5.38. The Morgan fingerprint density at radius 1 is 1.30 bits per heavy atom. The highest BCUT2D eigenvalue weighted by Gasteiger charge is 2.44. The Bertz CT molecular complexity index is 494. The second-order valence-corrected chi connectivity index (χ2v) is 7.14. The van der Waals surface area contributed by atoms with E-state index in [1.54, 1.807) is 0 Å². The summed E-state index contributed by atoms with van der Waals surface area (Å²) < 4.78 is 5.69. The highest BCUT2D eigenvalue weighted by Crippen LogP contribution is 2.49. The Morgan fingerprint density at radius 2 is 2.10 bits per heavy atom. The van der Waals surface area contributed by atoms with Gasteiger partial charge < -0.3 is 10.1 Å². The molecule has 20 heavy (non-hydrogen) atoms. The summed E-state index contributed by atoms with van der Waals surface area (Å²) in [4.78, 5) is 0. The smallest absolute Gasteiger partial charge is 0.119 e. The third kappa shape index (κ3) is 2.19. The lowest BCUT2D eigenvalue weighted by Crippen LogP contribution is -2.48. The lowest BCUT2D eigenvalue weighted by Gasteiger charge is -2.49. The van der Waals surface area contributed by atoms with Gasteiger partial charge in [0, 0.05) is 11.7 Å². The molecule has 0 saturated heterocycles. The first-order chi connectivity index (χ1) is 9.52. The number of hydrogen-bond acceptors (Lipinski definition) is 2. The molecule has 0 unspecified atom stereocenters. The molecule has 3 rings (SSSR count). The second-order valence-electron chi connectivity index (χ2n) is 7.14. The van der Waals surface area contributed by atoms with Crippen LogP contribution in [0.4, 0.5) is 5.69 Å². The van der Waals surface area contributed by atoms with Crippen molar-refractivity contribution in [1.82, 2.24) is 0 Å². The van der Waals surface area contributed by atoms with Crippen LogP contribution in [0.2, 0.25) is 0 Å². The van der Waals surface area contributed by atoms with Crippen LogP contribution in [0.15, 0.2) is 18.2 Å². The van der Waals surface area contributed by atoms with Crippen LogP contribution in [0.5, 0.6) is 5.75 Å². The Morgan fingerprint density at radius 3 is 2.85 bits per heavy atom. The van der Waals surface area contributed by atoms with E-state index in [0.717, 1.165) is 24.2 Å². The monoisotopic (exact) mass is 273 g/mol. The second kappa shape index (κ2) is 4.98. The van der Waals surface area contributed by atoms with Gasteiger partial charge in [0.15, 0.2) is 0 Å². The Kier molecular flexibility index (Phi) is 3.43. The minimum Gasteiger partial charge on any atom is -0.494 e. The summed E-state index contributed by atoms with van der Waals surface area (Å²) in [6.07, 6.45) is 4.01. The Balaban J connectivity index is 1.98. The lowest BCUT2D eigenvalue weighted by atomic mass is 9.61. The normalized spacial score (nSPS) is 30.9. The lowest BCUT2D eigenvalue weighted by molar-refractivity contribution is 0.173. The average molecular weight is 273 g/mol. The fourth-order valence-corrected chi connectivity index (χ4v) is 4.24. The molecular weight excluding hydrogens is 246 g/mol. The number of ether oxygens (including phenoxy) is 1. The van der Waals surface area contributed by atoms with Crippen LogP contribution < -0.4 is 10.1 Å². The zero-order valence-electron chi connectivity index (χ0n) is 13.2. The van der Waals surface area contributed by atoms with Gasteiger partial charge in [0.2, 0.25) is 0 Å². The molecule has 2 nitrogen and oxygen atoms in total. The van der Waals surface area contributed by atoms with E-state index in [0.29, 0.717) is 6.04 Å². The summed E-state index contributed by atoms with van der Waals surface area (Å²) >= 11 is 0. The van der Waals surface area contributed by atoms with E-state index in [1.807, 2.05) is 6.92 Å². The van der Waals surface area contributed by atoms with Crippen molar-refractivity contribution in [2.24, 2.45) is 11.8 Å². The molecule has 110 valence electrons. The maximum absolute atomic E-state index is 5.69. The van der Waals surface area contributed by atoms with Crippen molar-refractivity contribution >= 4 is 5.69 Å². The van der Waals surface area contributed by atoms with Crippen LogP contribution in [-0.2, 0) is 5.41 Å². The SMILES string of the molecule is CCOc1ccc2c(c1)C(C)(C)[C@@H]1CC[C@@H](C)C[C@@H]1N2. The highest BCUT2D eigenvalue weighted by atomic mass is 16.5. The topological polar surface area (TPSA) is 21.3 Å². The summed E-state index contributed by atoms with van der Waals surface area (Å²) in [7, 11) is 0. The molecule has 1 N–H and O–H groups in total. The van der Waals surface area contributed by atoms with Crippen molar-refractivity contribution in [3.63, 3.8) is 0 Å². The highest BCUT2D eigenvalue weighted by molar-refractivity contribution is 5.60. The number of hydrogen-bond donors (Lipinski definition) is 1. The third-order valence-corrected chi connectivity index (χ3v) is 5.38. The molecule has 1 heterocycles. The van der Waals surface area contributed by atoms with Gasteiger partial charge in [0.25, 0.3) is 0 Å². The van der Waals surface area contributed by atoms with Crippen LogP contribution in [-0.4, -0.2) is 12.6 Å². The zero-order chi connectivity index (χ0) is 14.3. The molecule has 0 spiro atoms. The molecule has 3 atom stereocenters. The molecule has 0 radical (unpaired) electrons. The van der Waals surface area contributed by atoms with E-state index in [-0.39, 0.29) is 5.41 Å². The van der Waals surface area contributed by atoms with Crippen LogP contribution in [0, 0.1) is 11.8 Å². The molecule has 1 saturated carbocycles. The van der Waals surface area contributed by atoms with Crippen LogP contribution in [0.25, 0.3) is 0 Å². The average Bonchev–Trinajstić information content (AvgIpc) is 2.39. The largest absolute Gasteiger partial charge is 0.494 e. The van der Waals surface area contributed by atoms with E-state index >= 15 is 0 Å². The summed E-state index contributed by atoms with van der Waals surface area (Å²) in [6.45, 7) is 9.99. The van der Waals surface area contributed by atoms with Crippen molar-refractivity contribution in [2.75, 3.05) is 11.9 Å². The van der Waals surface area contributed by atoms with Crippen LogP contribution in [0.3, 0.4) is 0 Å². The summed E-state index contributed by atoms with van der Waals surface area (Å²) in [5.41, 5.74) is 2.98. The van der Waals surface area contributed by atoms with E-state index < -0.39 is 0 Å². The molecule has 0 amide bonds. The van der Waals surface area contributed by atoms with Crippen molar-refractivity contribution in [3.05, 3.63) is 23.8 Å². The molecule has 0 bridgehead atoms. The summed E-state index contributed by atoms with van der Waals surface area (Å²) in [6, 6.07) is 7.19. The molecule has 0 aromatic heterocycles. The van der Waals surface area contributed by atoms with Gasteiger partial charge in [-0.05, 0) is 60.8 Å². The van der Waals surface area contributed by atoms with E-state index in [1.165, 1.54) is 30.5 Å². The molecule has 1 aromatic carbocycles. The van der Waals surface area contributed by atoms with E-state index in [2.05, 4.69) is 44.3 Å². The maximum atomic E-state index is 5.69. The van der Waals surface area contributed by atoms with Crippen molar-refractivity contribution < 1.29 is 4.74 Å². The van der Waals surface area contributed by atoms with Crippen molar-refractivity contribution in [3.8, 4) is 5.75 Å². The van der Waals surface area contributed by atoms with Crippen LogP contribution >= 0.6 is 0 Å². The van der Waals surface area contributed by atoms with Gasteiger partial charge in [0.05, 0.1) is 6.61 Å². The minimum absolute atomic E-state index is 0.235. The van der Waals surface area contributed by atoms with E-state index in [9.17, 15) is 0 Å². The van der Waals surface area contributed by atoms with Gasteiger partial charge >= 0.3 is 0 Å². The maximum Gasteiger partial charge on any atom is 0.119 e. The molecule has 1 fully saturated rings. The first-order valence-electron chi connectivity index (χ1n) is 8.06. The molecular formula is C18H27NO. The molecule has 2 aliphatic rings. The van der Waals surface area contributed by atoms with Gasteiger partial charge in [-0.15, -0.1) is 0 Å². The molecule has 1 aromatic rings. The predicted molar refractivity (Wildman–Crippen MR) is 84.6 cm³/mol. The number of benzene rings is 1. The minimum atomic E-state index is 0.235. The predicted octanol–water partition coefficient (Wildman–Crippen LogP) is 4.59. The van der Waals surface area contributed by atoms with Gasteiger partial charge in [-0.3, -0.25) is 0 Å². The number of nitrogens with one attached hydrogen (secondary N) is 1. The van der Waals surface area contributed by atoms with Gasteiger partial charge in [0.1, 0.15) is 5.75 Å². The quantitative estimate of drug-likeness (QED) is 0.850. The fourth-order valence-electron chi connectivity index (χ4n) is 4.24. The Hall–Kier alpha value is -1.18. The molecule has 1 aliphatic heterocycles. The first-order valence-corrected chi connectivity index (χ1v) is 8.06. The zero-order valence-corrected chi connectivity index (χ0v) is 13.2. The van der Waals surface area contributed by atoms with Gasteiger partial charge in [-0.25, -0.2) is 0 Å². The number of anilines is 1.